The number of pyridine rings is 2. The zero-order valence-electron chi connectivity index (χ0n) is 20.3. The van der Waals surface area contributed by atoms with E-state index in [1.807, 2.05) is 9.80 Å². The van der Waals surface area contributed by atoms with Crippen LogP contribution in [0.25, 0.3) is 0 Å². The van der Waals surface area contributed by atoms with Crippen molar-refractivity contribution in [1.82, 2.24) is 19.8 Å². The molecule has 0 saturated carbocycles. The monoisotopic (exact) mass is 482 g/mol. The summed E-state index contributed by atoms with van der Waals surface area (Å²) in [7, 11) is 5.84. The fourth-order valence-corrected chi connectivity index (χ4v) is 5.86. The lowest BCUT2D eigenvalue weighted by Crippen LogP contribution is -2.75. The van der Waals surface area contributed by atoms with Crippen LogP contribution in [0.2, 0.25) is 0 Å². The van der Waals surface area contributed by atoms with Crippen LogP contribution in [0.5, 0.6) is 0 Å². The smallest absolute Gasteiger partial charge is 0.322 e. The zero-order valence-corrected chi connectivity index (χ0v) is 20.3. The molecule has 2 aromatic rings. The van der Waals surface area contributed by atoms with E-state index >= 15 is 0 Å². The number of likely N-dealkylation sites (tertiary alicyclic amines) is 2. The Balaban J connectivity index is 2.10. The molecule has 2 aromatic heterocycles. The lowest BCUT2D eigenvalue weighted by atomic mass is 9.54. The number of hydrogen-bond acceptors (Lipinski definition) is 10. The number of carbonyl (C=O) groups excluding carboxylic acids is 3. The Bertz CT molecular complexity index is 1000. The highest BCUT2D eigenvalue weighted by Crippen LogP contribution is 2.60. The summed E-state index contributed by atoms with van der Waals surface area (Å²) in [6.45, 7) is 0.687. The van der Waals surface area contributed by atoms with Gasteiger partial charge in [0.1, 0.15) is 0 Å². The molecule has 2 fully saturated rings. The van der Waals surface area contributed by atoms with Crippen molar-refractivity contribution < 1.29 is 28.6 Å². The zero-order chi connectivity index (χ0) is 25.2. The molecule has 0 amide bonds. The van der Waals surface area contributed by atoms with Crippen molar-refractivity contribution in [1.29, 1.82) is 0 Å². The van der Waals surface area contributed by atoms with Gasteiger partial charge in [-0.2, -0.15) is 0 Å². The predicted octanol–water partition coefficient (Wildman–Crippen LogP) is 1.05. The third-order valence-electron chi connectivity index (χ3n) is 7.03. The number of nitrogens with zero attached hydrogens (tertiary/aromatic N) is 4. The summed E-state index contributed by atoms with van der Waals surface area (Å²) < 4.78 is 15.9. The standard InChI is InChI=1S/C25H30N4O6/c1-28-15-24(22(31)34-3)19(17-9-5-7-11-26-17)29(13-14-33-2)20(18-10-6-8-12-27-18)25(16-28,21(24)30)23(32)35-4/h5-12,19-20H,13-16H2,1-4H3. The molecule has 4 heterocycles. The van der Waals surface area contributed by atoms with Crippen LogP contribution in [-0.2, 0) is 28.6 Å². The van der Waals surface area contributed by atoms with Crippen LogP contribution >= 0.6 is 0 Å². The summed E-state index contributed by atoms with van der Waals surface area (Å²) in [6.07, 6.45) is 3.23. The molecule has 4 unspecified atom stereocenters. The Labute approximate surface area is 204 Å². The van der Waals surface area contributed by atoms with Gasteiger partial charge in [0.25, 0.3) is 0 Å². The van der Waals surface area contributed by atoms with E-state index in [0.717, 1.165) is 0 Å². The SMILES string of the molecule is COCCN1C(c2ccccn2)C2(C(=O)OC)CN(C)CC(C(=O)OC)(C2=O)C1c1ccccn1. The molecule has 35 heavy (non-hydrogen) atoms. The molecule has 0 N–H and O–H groups in total. The Morgan fingerprint density at radius 1 is 0.914 bits per heavy atom. The molecule has 0 aliphatic carbocycles. The second-order valence-corrected chi connectivity index (χ2v) is 8.97. The van der Waals surface area contributed by atoms with E-state index in [9.17, 15) is 14.4 Å². The Kier molecular flexibility index (Phi) is 6.98. The van der Waals surface area contributed by atoms with Gasteiger partial charge in [-0.15, -0.1) is 0 Å². The maximum absolute atomic E-state index is 14.6. The lowest BCUT2D eigenvalue weighted by molar-refractivity contribution is -0.205. The van der Waals surface area contributed by atoms with E-state index in [0.29, 0.717) is 17.9 Å². The van der Waals surface area contributed by atoms with Gasteiger partial charge < -0.3 is 19.1 Å². The molecule has 0 radical (unpaired) electrons. The largest absolute Gasteiger partial charge is 0.468 e. The Morgan fingerprint density at radius 3 is 1.77 bits per heavy atom. The minimum absolute atomic E-state index is 0.0525. The molecule has 4 rings (SSSR count). The van der Waals surface area contributed by atoms with Gasteiger partial charge in [0.05, 0.1) is 44.3 Å². The van der Waals surface area contributed by atoms with Crippen LogP contribution in [0.3, 0.4) is 0 Å². The summed E-state index contributed by atoms with van der Waals surface area (Å²) in [5.41, 5.74) is -2.44. The van der Waals surface area contributed by atoms with Crippen molar-refractivity contribution in [3.8, 4) is 0 Å². The van der Waals surface area contributed by atoms with Crippen molar-refractivity contribution in [3.05, 3.63) is 60.2 Å². The number of carbonyl (C=O) groups is 3. The summed E-state index contributed by atoms with van der Waals surface area (Å²) in [5.74, 6) is -1.98. The first-order valence-corrected chi connectivity index (χ1v) is 11.3. The number of piperidine rings is 2. The van der Waals surface area contributed by atoms with Crippen LogP contribution in [0.1, 0.15) is 23.5 Å². The number of fused-ring (bicyclic) bond motifs is 2. The Morgan fingerprint density at radius 2 is 1.40 bits per heavy atom. The van der Waals surface area contributed by atoms with Crippen LogP contribution in [0.15, 0.2) is 48.8 Å². The maximum Gasteiger partial charge on any atom is 0.322 e. The van der Waals surface area contributed by atoms with Gasteiger partial charge in [0.2, 0.25) is 0 Å². The molecule has 2 bridgehead atoms. The van der Waals surface area contributed by atoms with Crippen LogP contribution in [0.4, 0.5) is 0 Å². The molecular weight excluding hydrogens is 452 g/mol. The molecule has 2 aliphatic heterocycles. The lowest BCUT2D eigenvalue weighted by Gasteiger charge is -2.61. The number of aromatic nitrogens is 2. The van der Waals surface area contributed by atoms with Crippen molar-refractivity contribution in [2.24, 2.45) is 10.8 Å². The number of Topliss-reactive ketones (excluding diaryl/α,β-unsaturated/α-hetero) is 1. The molecule has 10 heteroatoms. The highest BCUT2D eigenvalue weighted by molar-refractivity contribution is 6.17. The first-order valence-electron chi connectivity index (χ1n) is 11.3. The topological polar surface area (TPSA) is 111 Å². The van der Waals surface area contributed by atoms with E-state index in [-0.39, 0.29) is 19.7 Å². The van der Waals surface area contributed by atoms with Gasteiger partial charge >= 0.3 is 11.9 Å². The van der Waals surface area contributed by atoms with Crippen molar-refractivity contribution >= 4 is 17.7 Å². The number of ketones is 1. The second kappa shape index (κ2) is 9.80. The fourth-order valence-electron chi connectivity index (χ4n) is 5.86. The fraction of sp³-hybridized carbons (Fsp3) is 0.480. The number of hydrogen-bond donors (Lipinski definition) is 0. The number of esters is 2. The van der Waals surface area contributed by atoms with Crippen LogP contribution in [0, 0.1) is 10.8 Å². The third-order valence-corrected chi connectivity index (χ3v) is 7.03. The molecule has 186 valence electrons. The summed E-state index contributed by atoms with van der Waals surface area (Å²) in [5, 5.41) is 0. The molecular formula is C25H30N4O6. The van der Waals surface area contributed by atoms with E-state index < -0.39 is 40.6 Å². The van der Waals surface area contributed by atoms with E-state index in [1.54, 1.807) is 62.9 Å². The first-order chi connectivity index (χ1) is 16.9. The first kappa shape index (κ1) is 24.9. The van der Waals surface area contributed by atoms with E-state index in [2.05, 4.69) is 9.97 Å². The highest BCUT2D eigenvalue weighted by atomic mass is 16.5. The summed E-state index contributed by atoms with van der Waals surface area (Å²) in [6, 6.07) is 9.00. The Hall–Kier alpha value is -3.21. The average molecular weight is 483 g/mol. The number of ether oxygens (including phenoxy) is 3. The molecule has 0 aromatic carbocycles. The molecule has 10 nitrogen and oxygen atoms in total. The molecule has 0 spiro atoms. The van der Waals surface area contributed by atoms with Crippen molar-refractivity contribution in [2.75, 3.05) is 54.6 Å². The minimum atomic E-state index is -1.73. The summed E-state index contributed by atoms with van der Waals surface area (Å²) >= 11 is 0. The molecule has 2 aliphatic rings. The number of rotatable bonds is 7. The van der Waals surface area contributed by atoms with Crippen molar-refractivity contribution in [2.45, 2.75) is 12.1 Å². The minimum Gasteiger partial charge on any atom is -0.468 e. The molecule has 2 saturated heterocycles. The van der Waals surface area contributed by atoms with E-state index in [4.69, 9.17) is 14.2 Å². The third kappa shape index (κ3) is 3.72. The normalized spacial score (nSPS) is 29.0. The van der Waals surface area contributed by atoms with Crippen LogP contribution < -0.4 is 0 Å². The quantitative estimate of drug-likeness (QED) is 0.419. The van der Waals surface area contributed by atoms with Gasteiger partial charge in [0.15, 0.2) is 16.6 Å². The van der Waals surface area contributed by atoms with Gasteiger partial charge in [-0.25, -0.2) is 0 Å². The average Bonchev–Trinajstić information content (AvgIpc) is 2.88. The van der Waals surface area contributed by atoms with Gasteiger partial charge in [-0.1, -0.05) is 12.1 Å². The highest BCUT2D eigenvalue weighted by Gasteiger charge is 2.75. The van der Waals surface area contributed by atoms with E-state index in [1.165, 1.54) is 14.2 Å². The summed E-state index contributed by atoms with van der Waals surface area (Å²) in [4.78, 5) is 54.8. The van der Waals surface area contributed by atoms with Gasteiger partial charge in [-0.3, -0.25) is 29.3 Å². The van der Waals surface area contributed by atoms with Crippen molar-refractivity contribution in [3.63, 3.8) is 0 Å². The predicted molar refractivity (Wildman–Crippen MR) is 124 cm³/mol. The maximum atomic E-state index is 14.6. The molecule has 4 atom stereocenters. The number of methoxy groups -OCH3 is 3. The van der Waals surface area contributed by atoms with Gasteiger partial charge in [0, 0.05) is 39.1 Å². The van der Waals surface area contributed by atoms with Gasteiger partial charge in [-0.05, 0) is 31.3 Å². The second-order valence-electron chi connectivity index (χ2n) is 8.97. The van der Waals surface area contributed by atoms with Crippen LogP contribution in [-0.4, -0.2) is 92.1 Å².